The van der Waals surface area contributed by atoms with Crippen LogP contribution in [-0.2, 0) is 11.3 Å². The Morgan fingerprint density at radius 2 is 1.81 bits per heavy atom. The largest absolute Gasteiger partial charge is 0.341 e. The number of thiazole rings is 1. The fourth-order valence-corrected chi connectivity index (χ4v) is 9.79. The van der Waals surface area contributed by atoms with Crippen LogP contribution in [-0.4, -0.2) is 33.7 Å². The summed E-state index contributed by atoms with van der Waals surface area (Å²) in [5.41, 5.74) is 1.27. The molecule has 31 heavy (non-hydrogen) atoms. The number of amides is 1. The highest BCUT2D eigenvalue weighted by Crippen LogP contribution is 2.64. The van der Waals surface area contributed by atoms with Gasteiger partial charge in [0.25, 0.3) is 0 Å². The number of halogens is 1. The zero-order valence-electron chi connectivity index (χ0n) is 17.5. The van der Waals surface area contributed by atoms with Gasteiger partial charge in [0.05, 0.1) is 5.03 Å². The number of hydrogen-bond donors (Lipinski definition) is 0. The zero-order valence-corrected chi connectivity index (χ0v) is 19.9. The average molecular weight is 475 g/mol. The third kappa shape index (κ3) is 3.41. The molecule has 0 radical (unpaired) electrons. The molecule has 1 aromatic heterocycles. The van der Waals surface area contributed by atoms with Gasteiger partial charge in [-0.1, -0.05) is 35.1 Å². The van der Waals surface area contributed by atoms with E-state index >= 15 is 0 Å². The van der Waals surface area contributed by atoms with Gasteiger partial charge in [0.2, 0.25) is 5.91 Å². The molecular formula is C24H27ClN2O2S2. The van der Waals surface area contributed by atoms with Gasteiger partial charge in [-0.3, -0.25) is 14.2 Å². The number of hydrogen-bond acceptors (Lipinski definition) is 4. The van der Waals surface area contributed by atoms with Crippen molar-refractivity contribution in [1.29, 1.82) is 0 Å². The van der Waals surface area contributed by atoms with E-state index in [1.165, 1.54) is 47.5 Å². The molecular weight excluding hydrogens is 448 g/mol. The predicted molar refractivity (Wildman–Crippen MR) is 126 cm³/mol. The van der Waals surface area contributed by atoms with E-state index in [0.29, 0.717) is 11.2 Å². The van der Waals surface area contributed by atoms with E-state index in [1.54, 1.807) is 4.57 Å². The molecule has 4 unspecified atom stereocenters. The number of thioether (sulfide) groups is 1. The van der Waals surface area contributed by atoms with Crippen LogP contribution >= 0.6 is 34.7 Å². The van der Waals surface area contributed by atoms with E-state index in [0.717, 1.165) is 47.8 Å². The van der Waals surface area contributed by atoms with E-state index < -0.39 is 0 Å². The lowest BCUT2D eigenvalue weighted by Crippen LogP contribution is -2.39. The van der Waals surface area contributed by atoms with Gasteiger partial charge >= 0.3 is 4.87 Å². The van der Waals surface area contributed by atoms with E-state index in [9.17, 15) is 9.59 Å². The summed E-state index contributed by atoms with van der Waals surface area (Å²) in [5.74, 6) is 2.42. The van der Waals surface area contributed by atoms with E-state index in [2.05, 4.69) is 12.1 Å². The molecule has 2 aromatic rings. The van der Waals surface area contributed by atoms with Crippen LogP contribution in [0.5, 0.6) is 0 Å². The van der Waals surface area contributed by atoms with E-state index in [1.807, 2.05) is 28.8 Å². The lowest BCUT2D eigenvalue weighted by atomic mass is 9.75. The van der Waals surface area contributed by atoms with Crippen LogP contribution in [0.2, 0.25) is 5.02 Å². The van der Waals surface area contributed by atoms with Gasteiger partial charge in [-0.05, 0) is 74.0 Å². The number of likely N-dealkylation sites (tertiary alicyclic amines) is 1. The van der Waals surface area contributed by atoms with Crippen LogP contribution in [0.1, 0.15) is 54.9 Å². The summed E-state index contributed by atoms with van der Waals surface area (Å²) in [6.45, 7) is 1.85. The Morgan fingerprint density at radius 1 is 1.06 bits per heavy atom. The molecule has 2 aliphatic carbocycles. The molecule has 2 saturated carbocycles. The van der Waals surface area contributed by atoms with E-state index in [-0.39, 0.29) is 23.2 Å². The van der Waals surface area contributed by atoms with Crippen LogP contribution in [0.4, 0.5) is 0 Å². The second kappa shape index (κ2) is 7.96. The summed E-state index contributed by atoms with van der Waals surface area (Å²) >= 11 is 9.46. The highest BCUT2D eigenvalue weighted by Gasteiger charge is 2.55. The summed E-state index contributed by atoms with van der Waals surface area (Å²) in [6.07, 6.45) is 7.28. The molecule has 4 aliphatic rings. The minimum atomic E-state index is 0.0224. The van der Waals surface area contributed by atoms with Gasteiger partial charge in [-0.25, -0.2) is 0 Å². The van der Waals surface area contributed by atoms with Gasteiger partial charge < -0.3 is 4.90 Å². The maximum Gasteiger partial charge on any atom is 0.308 e. The van der Waals surface area contributed by atoms with Crippen LogP contribution in [0.3, 0.4) is 0 Å². The Bertz CT molecular complexity index is 1060. The van der Waals surface area contributed by atoms with Crippen molar-refractivity contribution in [1.82, 2.24) is 9.47 Å². The zero-order chi connectivity index (χ0) is 21.1. The summed E-state index contributed by atoms with van der Waals surface area (Å²) in [4.78, 5) is 29.3. The fourth-order valence-electron chi connectivity index (χ4n) is 6.51. The number of nitrogens with zero attached hydrogens (tertiary/aromatic N) is 2. The number of aromatic nitrogens is 1. The molecule has 5 atom stereocenters. The number of fused-ring (bicyclic) bond motifs is 6. The highest BCUT2D eigenvalue weighted by molar-refractivity contribution is 8.00. The quantitative estimate of drug-likeness (QED) is 0.611. The maximum absolute atomic E-state index is 13.1. The topological polar surface area (TPSA) is 42.3 Å². The lowest BCUT2D eigenvalue weighted by molar-refractivity contribution is -0.132. The van der Waals surface area contributed by atoms with Crippen molar-refractivity contribution in [3.8, 4) is 0 Å². The molecule has 1 amide bonds. The second-order valence-corrected chi connectivity index (χ2v) is 12.2. The van der Waals surface area contributed by atoms with Crippen LogP contribution in [0.15, 0.2) is 34.1 Å². The molecule has 6 rings (SSSR count). The molecule has 2 aliphatic heterocycles. The van der Waals surface area contributed by atoms with Gasteiger partial charge in [0.15, 0.2) is 0 Å². The highest BCUT2D eigenvalue weighted by atomic mass is 35.5. The minimum Gasteiger partial charge on any atom is -0.341 e. The van der Waals surface area contributed by atoms with Crippen molar-refractivity contribution >= 4 is 40.6 Å². The predicted octanol–water partition coefficient (Wildman–Crippen LogP) is 5.23. The SMILES string of the molecule is O=C(Cn1c2c(sc1=O)[C@@H](c1ccc(Cl)cc1)C1C3CCC(C3)C1S2)N1CCCCC1. The number of benzene rings is 1. The molecule has 1 aromatic carbocycles. The Hall–Kier alpha value is -1.24. The van der Waals surface area contributed by atoms with Crippen molar-refractivity contribution in [2.24, 2.45) is 17.8 Å². The number of piperidine rings is 1. The average Bonchev–Trinajstić information content (AvgIpc) is 3.48. The molecule has 3 fully saturated rings. The first-order valence-corrected chi connectivity index (χ1v) is 13.6. The van der Waals surface area contributed by atoms with Crippen molar-refractivity contribution in [3.05, 3.63) is 49.4 Å². The summed E-state index contributed by atoms with van der Waals surface area (Å²) < 4.78 is 1.80. The molecule has 1 saturated heterocycles. The Labute approximate surface area is 196 Å². The molecule has 0 N–H and O–H groups in total. The summed E-state index contributed by atoms with van der Waals surface area (Å²) in [5, 5.41) is 2.36. The first-order valence-electron chi connectivity index (χ1n) is 11.5. The lowest BCUT2D eigenvalue weighted by Gasteiger charge is -2.40. The summed E-state index contributed by atoms with van der Waals surface area (Å²) in [6, 6.07) is 8.23. The normalized spacial score (nSPS) is 31.5. The van der Waals surface area contributed by atoms with Crippen LogP contribution < -0.4 is 4.87 Å². The standard InChI is InChI=1S/C24H27ClN2O2S2/c25-17-8-6-14(7-9-17)19-20-15-4-5-16(12-15)21(20)30-23-22(19)31-24(29)27(23)13-18(28)26-10-2-1-3-11-26/h6-9,15-16,19-21H,1-5,10-13H2/t15?,16?,19-,20?,21?/m0/s1. The van der Waals surface area contributed by atoms with Crippen molar-refractivity contribution in [3.63, 3.8) is 0 Å². The van der Waals surface area contributed by atoms with Gasteiger partial charge in [0, 0.05) is 34.2 Å². The molecule has 4 nitrogen and oxygen atoms in total. The fraction of sp³-hybridized carbons (Fsp3) is 0.583. The monoisotopic (exact) mass is 474 g/mol. The van der Waals surface area contributed by atoms with Crippen molar-refractivity contribution in [2.75, 3.05) is 13.1 Å². The Kier molecular flexibility index (Phi) is 5.23. The molecule has 2 bridgehead atoms. The second-order valence-electron chi connectivity index (χ2n) is 9.59. The Balaban J connectivity index is 1.40. The third-order valence-corrected chi connectivity index (χ3v) is 11.0. The third-order valence-electron chi connectivity index (χ3n) is 7.92. The minimum absolute atomic E-state index is 0.0224. The summed E-state index contributed by atoms with van der Waals surface area (Å²) in [7, 11) is 0. The smallest absolute Gasteiger partial charge is 0.308 e. The molecule has 3 heterocycles. The number of carbonyl (C=O) groups excluding carboxylic acids is 1. The number of rotatable bonds is 3. The molecule has 0 spiro atoms. The molecule has 164 valence electrons. The van der Waals surface area contributed by atoms with Crippen LogP contribution in [0, 0.1) is 17.8 Å². The van der Waals surface area contributed by atoms with E-state index in [4.69, 9.17) is 11.6 Å². The molecule has 7 heteroatoms. The first-order chi connectivity index (χ1) is 15.1. The maximum atomic E-state index is 13.1. The van der Waals surface area contributed by atoms with Gasteiger partial charge in [0.1, 0.15) is 6.54 Å². The van der Waals surface area contributed by atoms with Gasteiger partial charge in [-0.15, -0.1) is 11.8 Å². The first kappa shape index (κ1) is 20.4. The number of carbonyl (C=O) groups is 1. The van der Waals surface area contributed by atoms with Gasteiger partial charge in [-0.2, -0.15) is 0 Å². The van der Waals surface area contributed by atoms with Crippen molar-refractivity contribution in [2.45, 2.75) is 61.3 Å². The Morgan fingerprint density at radius 3 is 2.58 bits per heavy atom. The van der Waals surface area contributed by atoms with Crippen LogP contribution in [0.25, 0.3) is 0 Å². The van der Waals surface area contributed by atoms with Crippen molar-refractivity contribution < 1.29 is 4.79 Å².